The fraction of sp³-hybridized carbons (Fsp3) is 0.600. The van der Waals surface area contributed by atoms with Crippen molar-refractivity contribution in [1.29, 1.82) is 0 Å². The molecule has 0 aromatic heterocycles. The summed E-state index contributed by atoms with van der Waals surface area (Å²) in [6, 6.07) is 4.05. The van der Waals surface area contributed by atoms with E-state index in [9.17, 15) is 8.42 Å². The molecule has 1 aliphatic heterocycles. The Bertz CT molecular complexity index is 607. The molecule has 19 heavy (non-hydrogen) atoms. The molecule has 0 saturated heterocycles. The molecular formula is C15H21NO2S. The number of sulfone groups is 1. The largest absolute Gasteiger partial charge is 0.309 e. The zero-order valence-electron chi connectivity index (χ0n) is 11.6. The molecule has 2 aliphatic rings. The Kier molecular flexibility index (Phi) is 3.18. The maximum absolute atomic E-state index is 12.5. The quantitative estimate of drug-likeness (QED) is 0.924. The maximum atomic E-state index is 12.5. The minimum absolute atomic E-state index is 0.0363. The van der Waals surface area contributed by atoms with E-state index in [0.717, 1.165) is 37.8 Å². The number of hydrogen-bond donors (Lipinski definition) is 1. The van der Waals surface area contributed by atoms with Crippen molar-refractivity contribution in [3.8, 4) is 0 Å². The summed E-state index contributed by atoms with van der Waals surface area (Å²) in [6.07, 6.45) is 4.29. The van der Waals surface area contributed by atoms with Crippen LogP contribution in [-0.2, 0) is 22.7 Å². The van der Waals surface area contributed by atoms with Crippen molar-refractivity contribution < 1.29 is 8.42 Å². The molecule has 1 aromatic carbocycles. The smallest absolute Gasteiger partial charge is 0.183 e. The molecule has 0 fully saturated rings. The van der Waals surface area contributed by atoms with Gasteiger partial charge in [-0.15, -0.1) is 0 Å². The Labute approximate surface area is 115 Å². The van der Waals surface area contributed by atoms with Crippen LogP contribution in [0.1, 0.15) is 49.4 Å². The highest BCUT2D eigenvalue weighted by molar-refractivity contribution is 7.92. The van der Waals surface area contributed by atoms with Crippen LogP contribution in [-0.4, -0.2) is 20.2 Å². The fourth-order valence-corrected chi connectivity index (χ4v) is 5.14. The van der Waals surface area contributed by atoms with Gasteiger partial charge < -0.3 is 5.32 Å². The first-order valence-corrected chi connectivity index (χ1v) is 8.73. The van der Waals surface area contributed by atoms with Crippen LogP contribution < -0.4 is 5.32 Å². The van der Waals surface area contributed by atoms with E-state index in [1.807, 2.05) is 13.0 Å². The Balaban J connectivity index is 2.10. The van der Waals surface area contributed by atoms with Gasteiger partial charge in [-0.05, 0) is 61.9 Å². The molecule has 3 nitrogen and oxygen atoms in total. The van der Waals surface area contributed by atoms with Crippen LogP contribution in [0, 0.1) is 0 Å². The normalized spacial score (nSPS) is 27.3. The lowest BCUT2D eigenvalue weighted by Crippen LogP contribution is -2.30. The molecule has 2 unspecified atom stereocenters. The number of hydrogen-bond acceptors (Lipinski definition) is 3. The Morgan fingerprint density at radius 2 is 1.95 bits per heavy atom. The van der Waals surface area contributed by atoms with Gasteiger partial charge in [0.15, 0.2) is 9.84 Å². The highest BCUT2D eigenvalue weighted by Gasteiger charge is 2.42. The van der Waals surface area contributed by atoms with Crippen molar-refractivity contribution in [2.45, 2.75) is 55.7 Å². The maximum Gasteiger partial charge on any atom is 0.183 e. The number of benzene rings is 1. The summed E-state index contributed by atoms with van der Waals surface area (Å²) >= 11 is 0. The van der Waals surface area contributed by atoms with Crippen LogP contribution >= 0.6 is 0 Å². The van der Waals surface area contributed by atoms with Crippen molar-refractivity contribution in [3.05, 3.63) is 28.8 Å². The van der Waals surface area contributed by atoms with Crippen molar-refractivity contribution >= 4 is 9.84 Å². The third-order valence-electron chi connectivity index (χ3n) is 4.44. The Morgan fingerprint density at radius 1 is 1.26 bits per heavy atom. The lowest BCUT2D eigenvalue weighted by Gasteiger charge is -2.17. The molecule has 1 heterocycles. The van der Waals surface area contributed by atoms with Crippen molar-refractivity contribution in [1.82, 2.24) is 5.32 Å². The van der Waals surface area contributed by atoms with E-state index in [1.165, 1.54) is 11.1 Å². The molecule has 0 bridgehead atoms. The summed E-state index contributed by atoms with van der Waals surface area (Å²) in [4.78, 5) is 0.578. The van der Waals surface area contributed by atoms with Gasteiger partial charge in [-0.3, -0.25) is 0 Å². The summed E-state index contributed by atoms with van der Waals surface area (Å²) in [6.45, 7) is 4.79. The van der Waals surface area contributed by atoms with Crippen molar-refractivity contribution in [2.24, 2.45) is 0 Å². The predicted molar refractivity (Wildman–Crippen MR) is 76.1 cm³/mol. The van der Waals surface area contributed by atoms with Crippen molar-refractivity contribution in [3.63, 3.8) is 0 Å². The van der Waals surface area contributed by atoms with Crippen LogP contribution in [0.5, 0.6) is 0 Å². The van der Waals surface area contributed by atoms with Gasteiger partial charge in [0.2, 0.25) is 0 Å². The molecule has 1 N–H and O–H groups in total. The lowest BCUT2D eigenvalue weighted by atomic mass is 9.99. The molecule has 4 heteroatoms. The van der Waals surface area contributed by atoms with Gasteiger partial charge in [0.1, 0.15) is 0 Å². The molecule has 2 atom stereocenters. The highest BCUT2D eigenvalue weighted by Crippen LogP contribution is 2.41. The van der Waals surface area contributed by atoms with E-state index in [0.29, 0.717) is 4.90 Å². The van der Waals surface area contributed by atoms with Crippen LogP contribution in [0.25, 0.3) is 0 Å². The number of fused-ring (bicyclic) bond motifs is 2. The van der Waals surface area contributed by atoms with Gasteiger partial charge in [0.25, 0.3) is 0 Å². The average Bonchev–Trinajstić information content (AvgIpc) is 2.90. The van der Waals surface area contributed by atoms with Gasteiger partial charge in [-0.1, -0.05) is 13.0 Å². The van der Waals surface area contributed by atoms with E-state index in [4.69, 9.17) is 0 Å². The summed E-state index contributed by atoms with van der Waals surface area (Å²) < 4.78 is 25.0. The lowest BCUT2D eigenvalue weighted by molar-refractivity contribution is 0.514. The van der Waals surface area contributed by atoms with Crippen LogP contribution in [0.4, 0.5) is 0 Å². The molecule has 0 saturated carbocycles. The fourth-order valence-electron chi connectivity index (χ4n) is 3.32. The van der Waals surface area contributed by atoms with Gasteiger partial charge in [-0.25, -0.2) is 8.42 Å². The minimum Gasteiger partial charge on any atom is -0.309 e. The molecule has 0 radical (unpaired) electrons. The zero-order valence-corrected chi connectivity index (χ0v) is 12.4. The van der Waals surface area contributed by atoms with Crippen LogP contribution in [0.2, 0.25) is 0 Å². The molecular weight excluding hydrogens is 258 g/mol. The number of aryl methyl sites for hydroxylation is 2. The first kappa shape index (κ1) is 13.1. The Hall–Kier alpha value is -0.870. The van der Waals surface area contributed by atoms with Gasteiger partial charge in [0.05, 0.1) is 16.2 Å². The summed E-state index contributed by atoms with van der Waals surface area (Å²) in [5, 5.41) is 3.05. The van der Waals surface area contributed by atoms with Crippen LogP contribution in [0.3, 0.4) is 0 Å². The molecule has 1 aromatic rings. The summed E-state index contributed by atoms with van der Waals surface area (Å²) in [5.74, 6) is 0. The van der Waals surface area contributed by atoms with Gasteiger partial charge >= 0.3 is 0 Å². The molecule has 0 spiro atoms. The minimum atomic E-state index is -3.15. The third kappa shape index (κ3) is 1.93. The first-order chi connectivity index (χ1) is 9.05. The molecule has 3 rings (SSSR count). The van der Waals surface area contributed by atoms with Gasteiger partial charge in [0, 0.05) is 0 Å². The predicted octanol–water partition coefficient (Wildman–Crippen LogP) is 2.39. The zero-order chi connectivity index (χ0) is 13.6. The van der Waals surface area contributed by atoms with E-state index in [1.54, 1.807) is 0 Å². The van der Waals surface area contributed by atoms with E-state index in [2.05, 4.69) is 18.3 Å². The number of nitrogens with one attached hydrogen (secondary N) is 1. The highest BCUT2D eigenvalue weighted by atomic mass is 32.2. The van der Waals surface area contributed by atoms with E-state index >= 15 is 0 Å². The van der Waals surface area contributed by atoms with Crippen LogP contribution in [0.15, 0.2) is 17.0 Å². The summed E-state index contributed by atoms with van der Waals surface area (Å²) in [7, 11) is -3.15. The molecule has 104 valence electrons. The van der Waals surface area contributed by atoms with Crippen molar-refractivity contribution in [2.75, 3.05) is 6.54 Å². The SMILES string of the molecule is CCCNC1c2cc3c(cc2S(=O)(=O)C1C)CCC3. The first-order valence-electron chi connectivity index (χ1n) is 7.18. The second-order valence-corrected chi connectivity index (χ2v) is 7.97. The molecule has 1 aliphatic carbocycles. The molecule has 0 amide bonds. The van der Waals surface area contributed by atoms with E-state index in [-0.39, 0.29) is 11.3 Å². The second-order valence-electron chi connectivity index (χ2n) is 5.69. The monoisotopic (exact) mass is 279 g/mol. The third-order valence-corrected chi connectivity index (χ3v) is 6.66. The van der Waals surface area contributed by atoms with E-state index < -0.39 is 9.84 Å². The average molecular weight is 279 g/mol. The second kappa shape index (κ2) is 4.60. The standard InChI is InChI=1S/C15H21NO2S/c1-3-7-16-15-10(2)19(17,18)14-9-12-6-4-5-11(12)8-13(14)15/h8-10,15-16H,3-7H2,1-2H3. The van der Waals surface area contributed by atoms with Gasteiger partial charge in [-0.2, -0.15) is 0 Å². The Morgan fingerprint density at radius 3 is 2.63 bits per heavy atom. The topological polar surface area (TPSA) is 46.2 Å². The summed E-state index contributed by atoms with van der Waals surface area (Å²) in [5.41, 5.74) is 3.60. The number of rotatable bonds is 3.